The van der Waals surface area contributed by atoms with Crippen molar-refractivity contribution >= 4 is 30.1 Å². The SMILES string of the molecule is Cl.O=C1CNCCN1C1CCCN(CCSCc2ccccc2)C1. The van der Waals surface area contributed by atoms with Gasteiger partial charge in [0.1, 0.15) is 0 Å². The third kappa shape index (κ3) is 5.66. The molecule has 2 aliphatic heterocycles. The maximum Gasteiger partial charge on any atom is 0.236 e. The molecule has 24 heavy (non-hydrogen) atoms. The van der Waals surface area contributed by atoms with Gasteiger partial charge in [0.05, 0.1) is 6.54 Å². The minimum absolute atomic E-state index is 0. The van der Waals surface area contributed by atoms with E-state index in [-0.39, 0.29) is 18.3 Å². The predicted molar refractivity (Wildman–Crippen MR) is 104 cm³/mol. The number of carbonyl (C=O) groups is 1. The molecule has 0 saturated carbocycles. The summed E-state index contributed by atoms with van der Waals surface area (Å²) in [5.74, 6) is 2.53. The number of carbonyl (C=O) groups excluding carboxylic acids is 1. The van der Waals surface area contributed by atoms with Gasteiger partial charge >= 0.3 is 0 Å². The highest BCUT2D eigenvalue weighted by molar-refractivity contribution is 7.98. The van der Waals surface area contributed by atoms with Gasteiger partial charge in [0.25, 0.3) is 0 Å². The standard InChI is InChI=1S/C18H27N3OS.ClH/c22-18-13-19-8-10-21(18)17-7-4-9-20(14-17)11-12-23-15-16-5-2-1-3-6-16;/h1-3,5-6,17,19H,4,7-15H2;1H. The van der Waals surface area contributed by atoms with Gasteiger partial charge in [-0.25, -0.2) is 0 Å². The lowest BCUT2D eigenvalue weighted by molar-refractivity contribution is -0.135. The lowest BCUT2D eigenvalue weighted by Crippen LogP contribution is -2.57. The van der Waals surface area contributed by atoms with E-state index in [0.717, 1.165) is 37.7 Å². The molecule has 0 spiro atoms. The van der Waals surface area contributed by atoms with Crippen molar-refractivity contribution in [3.63, 3.8) is 0 Å². The topological polar surface area (TPSA) is 35.6 Å². The van der Waals surface area contributed by atoms with Gasteiger partial charge in [-0.05, 0) is 24.9 Å². The molecule has 1 atom stereocenters. The first-order chi connectivity index (χ1) is 11.3. The molecule has 1 aromatic rings. The highest BCUT2D eigenvalue weighted by Gasteiger charge is 2.29. The summed E-state index contributed by atoms with van der Waals surface area (Å²) in [6.45, 7) is 5.70. The summed E-state index contributed by atoms with van der Waals surface area (Å²) in [6, 6.07) is 11.1. The van der Waals surface area contributed by atoms with Crippen LogP contribution in [0.1, 0.15) is 18.4 Å². The van der Waals surface area contributed by atoms with E-state index in [0.29, 0.717) is 12.6 Å². The number of amides is 1. The normalized spacial score (nSPS) is 22.2. The van der Waals surface area contributed by atoms with Crippen LogP contribution in [-0.2, 0) is 10.5 Å². The highest BCUT2D eigenvalue weighted by atomic mass is 35.5. The third-order valence-electron chi connectivity index (χ3n) is 4.71. The number of likely N-dealkylation sites (tertiary alicyclic amines) is 1. The molecule has 134 valence electrons. The van der Waals surface area contributed by atoms with E-state index in [1.165, 1.54) is 24.9 Å². The Kier molecular flexibility index (Phi) is 8.39. The maximum atomic E-state index is 12.1. The zero-order valence-corrected chi connectivity index (χ0v) is 15.8. The fraction of sp³-hybridized carbons (Fsp3) is 0.611. The molecular weight excluding hydrogens is 342 g/mol. The number of piperidine rings is 1. The minimum Gasteiger partial charge on any atom is -0.336 e. The smallest absolute Gasteiger partial charge is 0.236 e. The van der Waals surface area contributed by atoms with Crippen LogP contribution in [0.25, 0.3) is 0 Å². The van der Waals surface area contributed by atoms with Crippen molar-refractivity contribution in [2.75, 3.05) is 45.0 Å². The van der Waals surface area contributed by atoms with Crippen LogP contribution >= 0.6 is 24.2 Å². The summed E-state index contributed by atoms with van der Waals surface area (Å²) in [5, 5.41) is 3.16. The Balaban J connectivity index is 0.00000208. The number of piperazine rings is 1. The van der Waals surface area contributed by atoms with Crippen molar-refractivity contribution in [1.29, 1.82) is 0 Å². The van der Waals surface area contributed by atoms with Gasteiger partial charge in [0, 0.05) is 43.7 Å². The summed E-state index contributed by atoms with van der Waals surface area (Å²) < 4.78 is 0. The largest absolute Gasteiger partial charge is 0.336 e. The van der Waals surface area contributed by atoms with Crippen molar-refractivity contribution in [3.8, 4) is 0 Å². The van der Waals surface area contributed by atoms with E-state index in [4.69, 9.17) is 0 Å². The molecule has 2 heterocycles. The Labute approximate surface area is 155 Å². The zero-order chi connectivity index (χ0) is 15.9. The number of benzene rings is 1. The molecule has 4 nitrogen and oxygen atoms in total. The Morgan fingerprint density at radius 2 is 2.04 bits per heavy atom. The molecule has 3 rings (SSSR count). The maximum absolute atomic E-state index is 12.1. The number of rotatable bonds is 6. The van der Waals surface area contributed by atoms with E-state index in [2.05, 4.69) is 45.4 Å². The molecule has 0 aliphatic carbocycles. The van der Waals surface area contributed by atoms with Crippen LogP contribution in [0.3, 0.4) is 0 Å². The first-order valence-electron chi connectivity index (χ1n) is 8.67. The molecule has 2 saturated heterocycles. The lowest BCUT2D eigenvalue weighted by atomic mass is 10.0. The first kappa shape index (κ1) is 19.6. The van der Waals surface area contributed by atoms with Crippen molar-refractivity contribution in [2.24, 2.45) is 0 Å². The minimum atomic E-state index is 0. The van der Waals surface area contributed by atoms with Crippen LogP contribution in [-0.4, -0.2) is 66.8 Å². The molecule has 0 aromatic heterocycles. The third-order valence-corrected chi connectivity index (χ3v) is 5.72. The molecule has 0 radical (unpaired) electrons. The summed E-state index contributed by atoms with van der Waals surface area (Å²) in [7, 11) is 0. The molecule has 1 amide bonds. The molecule has 6 heteroatoms. The van der Waals surface area contributed by atoms with Crippen LogP contribution in [0.4, 0.5) is 0 Å². The Hall–Kier alpha value is -0.750. The van der Waals surface area contributed by atoms with Gasteiger partial charge < -0.3 is 15.1 Å². The van der Waals surface area contributed by atoms with Gasteiger partial charge in [-0.15, -0.1) is 12.4 Å². The monoisotopic (exact) mass is 369 g/mol. The quantitative estimate of drug-likeness (QED) is 0.780. The summed E-state index contributed by atoms with van der Waals surface area (Å²) in [6.07, 6.45) is 2.38. The van der Waals surface area contributed by atoms with Crippen LogP contribution in [0.15, 0.2) is 30.3 Å². The molecule has 2 aliphatic rings. The van der Waals surface area contributed by atoms with E-state index < -0.39 is 0 Å². The molecule has 1 aromatic carbocycles. The van der Waals surface area contributed by atoms with Crippen molar-refractivity contribution in [2.45, 2.75) is 24.6 Å². The Bertz CT molecular complexity index is 502. The van der Waals surface area contributed by atoms with E-state index in [1.807, 2.05) is 11.8 Å². The zero-order valence-electron chi connectivity index (χ0n) is 14.2. The Morgan fingerprint density at radius 1 is 1.21 bits per heavy atom. The number of thioether (sulfide) groups is 1. The van der Waals surface area contributed by atoms with E-state index >= 15 is 0 Å². The lowest BCUT2D eigenvalue weighted by Gasteiger charge is -2.41. The average molecular weight is 370 g/mol. The van der Waals surface area contributed by atoms with Crippen molar-refractivity contribution in [3.05, 3.63) is 35.9 Å². The second-order valence-electron chi connectivity index (χ2n) is 6.40. The van der Waals surface area contributed by atoms with Gasteiger partial charge in [-0.3, -0.25) is 4.79 Å². The molecular formula is C18H28ClN3OS. The van der Waals surface area contributed by atoms with Crippen LogP contribution in [0.5, 0.6) is 0 Å². The summed E-state index contributed by atoms with van der Waals surface area (Å²) in [5.41, 5.74) is 1.40. The second-order valence-corrected chi connectivity index (χ2v) is 7.50. The molecule has 1 unspecified atom stereocenters. The molecule has 2 fully saturated rings. The van der Waals surface area contributed by atoms with Gasteiger partial charge in [-0.2, -0.15) is 11.8 Å². The molecule has 1 N–H and O–H groups in total. The number of hydrogen-bond donors (Lipinski definition) is 1. The van der Waals surface area contributed by atoms with Gasteiger partial charge in [0.2, 0.25) is 5.91 Å². The fourth-order valence-corrected chi connectivity index (χ4v) is 4.41. The van der Waals surface area contributed by atoms with E-state index in [1.54, 1.807) is 0 Å². The summed E-state index contributed by atoms with van der Waals surface area (Å²) in [4.78, 5) is 16.7. The van der Waals surface area contributed by atoms with Crippen molar-refractivity contribution in [1.82, 2.24) is 15.1 Å². The number of nitrogens with one attached hydrogen (secondary N) is 1. The average Bonchev–Trinajstić information content (AvgIpc) is 2.60. The number of halogens is 1. The van der Waals surface area contributed by atoms with E-state index in [9.17, 15) is 4.79 Å². The van der Waals surface area contributed by atoms with Crippen LogP contribution in [0, 0.1) is 0 Å². The second kappa shape index (κ2) is 10.3. The van der Waals surface area contributed by atoms with Crippen LogP contribution in [0.2, 0.25) is 0 Å². The Morgan fingerprint density at radius 3 is 2.83 bits per heavy atom. The van der Waals surface area contributed by atoms with Gasteiger partial charge in [0.15, 0.2) is 0 Å². The number of nitrogens with zero attached hydrogens (tertiary/aromatic N) is 2. The van der Waals surface area contributed by atoms with Crippen molar-refractivity contribution < 1.29 is 4.79 Å². The van der Waals surface area contributed by atoms with Crippen LogP contribution < -0.4 is 5.32 Å². The van der Waals surface area contributed by atoms with Gasteiger partial charge in [-0.1, -0.05) is 30.3 Å². The first-order valence-corrected chi connectivity index (χ1v) is 9.82. The predicted octanol–water partition coefficient (Wildman–Crippen LogP) is 2.24. The number of hydrogen-bond acceptors (Lipinski definition) is 4. The molecule has 0 bridgehead atoms. The fourth-order valence-electron chi connectivity index (χ4n) is 3.45. The summed E-state index contributed by atoms with van der Waals surface area (Å²) >= 11 is 2.01. The highest BCUT2D eigenvalue weighted by Crippen LogP contribution is 2.18.